The Kier molecular flexibility index (Phi) is 3.82. The minimum Gasteiger partial charge on any atom is -0.385 e. The lowest BCUT2D eigenvalue weighted by molar-refractivity contribution is -0.0299. The summed E-state index contributed by atoms with van der Waals surface area (Å²) < 4.78 is 0. The molecule has 1 nitrogen and oxygen atoms in total. The van der Waals surface area contributed by atoms with Crippen molar-refractivity contribution in [2.45, 2.75) is 59.0 Å². The van der Waals surface area contributed by atoms with Gasteiger partial charge in [0.05, 0.1) is 5.60 Å². The number of benzene rings is 1. The van der Waals surface area contributed by atoms with E-state index in [1.807, 2.05) is 6.92 Å². The van der Waals surface area contributed by atoms with Crippen molar-refractivity contribution in [1.29, 1.82) is 0 Å². The van der Waals surface area contributed by atoms with Crippen LogP contribution in [0.2, 0.25) is 0 Å². The van der Waals surface area contributed by atoms with Crippen molar-refractivity contribution in [3.05, 3.63) is 34.9 Å². The fourth-order valence-corrected chi connectivity index (χ4v) is 3.45. The lowest BCUT2D eigenvalue weighted by Gasteiger charge is -2.39. The second-order valence-electron chi connectivity index (χ2n) is 6.43. The van der Waals surface area contributed by atoms with E-state index in [-0.39, 0.29) is 0 Å². The highest BCUT2D eigenvalue weighted by Crippen LogP contribution is 2.42. The van der Waals surface area contributed by atoms with Gasteiger partial charge >= 0.3 is 0 Å². The molecule has 1 aromatic carbocycles. The molecule has 18 heavy (non-hydrogen) atoms. The first-order valence-corrected chi connectivity index (χ1v) is 7.21. The molecule has 3 unspecified atom stereocenters. The number of aliphatic hydroxyl groups is 1. The predicted octanol–water partition coefficient (Wildman–Crippen LogP) is 4.34. The third-order valence-electron chi connectivity index (χ3n) is 4.67. The van der Waals surface area contributed by atoms with Crippen LogP contribution in [0.1, 0.15) is 56.2 Å². The Bertz CT molecular complexity index is 420. The molecule has 0 spiro atoms. The zero-order valence-corrected chi connectivity index (χ0v) is 12.2. The molecule has 1 aliphatic carbocycles. The summed E-state index contributed by atoms with van der Waals surface area (Å²) >= 11 is 0. The van der Waals surface area contributed by atoms with Gasteiger partial charge in [0.2, 0.25) is 0 Å². The molecule has 0 amide bonds. The maximum atomic E-state index is 11.0. The molecule has 0 aromatic heterocycles. The van der Waals surface area contributed by atoms with Crippen molar-refractivity contribution in [1.82, 2.24) is 0 Å². The van der Waals surface area contributed by atoms with E-state index in [2.05, 4.69) is 39.0 Å². The van der Waals surface area contributed by atoms with Gasteiger partial charge in [0.25, 0.3) is 0 Å². The molecule has 1 aromatic rings. The topological polar surface area (TPSA) is 20.2 Å². The summed E-state index contributed by atoms with van der Waals surface area (Å²) in [5, 5.41) is 11.0. The largest absolute Gasteiger partial charge is 0.385 e. The molecule has 1 N–H and O–H groups in total. The van der Waals surface area contributed by atoms with Crippen molar-refractivity contribution >= 4 is 0 Å². The zero-order chi connectivity index (χ0) is 13.3. The fourth-order valence-electron chi connectivity index (χ4n) is 3.45. The monoisotopic (exact) mass is 246 g/mol. The van der Waals surface area contributed by atoms with Gasteiger partial charge in [-0.2, -0.15) is 0 Å². The van der Waals surface area contributed by atoms with Crippen molar-refractivity contribution < 1.29 is 5.11 Å². The second kappa shape index (κ2) is 5.05. The van der Waals surface area contributed by atoms with E-state index in [4.69, 9.17) is 0 Å². The Morgan fingerprint density at radius 2 is 1.94 bits per heavy atom. The van der Waals surface area contributed by atoms with E-state index in [0.29, 0.717) is 5.92 Å². The van der Waals surface area contributed by atoms with Crippen LogP contribution in [0, 0.1) is 25.7 Å². The molecule has 0 saturated heterocycles. The molecule has 1 aliphatic rings. The molecule has 0 radical (unpaired) electrons. The lowest BCUT2D eigenvalue weighted by atomic mass is 9.70. The first-order chi connectivity index (χ1) is 8.41. The molecule has 3 atom stereocenters. The Morgan fingerprint density at radius 3 is 2.61 bits per heavy atom. The van der Waals surface area contributed by atoms with Gasteiger partial charge in [-0.3, -0.25) is 0 Å². The summed E-state index contributed by atoms with van der Waals surface area (Å²) in [5.41, 5.74) is 2.90. The molecule has 1 heteroatoms. The third-order valence-corrected chi connectivity index (χ3v) is 4.67. The van der Waals surface area contributed by atoms with E-state index < -0.39 is 5.60 Å². The Morgan fingerprint density at radius 1 is 1.22 bits per heavy atom. The van der Waals surface area contributed by atoms with Crippen molar-refractivity contribution in [3.63, 3.8) is 0 Å². The summed E-state index contributed by atoms with van der Waals surface area (Å²) in [5.74, 6) is 1.15. The Hall–Kier alpha value is -0.820. The van der Waals surface area contributed by atoms with Crippen LogP contribution in [-0.4, -0.2) is 5.11 Å². The standard InChI is InChI=1S/C17H26O/c1-12-6-5-7-15(10-12)17(4,18)16-11-13(2)8-9-14(16)3/h8-9,11-12,15,18H,5-7,10H2,1-4H3. The second-order valence-corrected chi connectivity index (χ2v) is 6.43. The molecule has 1 saturated carbocycles. The lowest BCUT2D eigenvalue weighted by Crippen LogP contribution is -2.35. The number of rotatable bonds is 2. The van der Waals surface area contributed by atoms with Gasteiger partial charge in [-0.25, -0.2) is 0 Å². The van der Waals surface area contributed by atoms with Gasteiger partial charge in [-0.15, -0.1) is 0 Å². The van der Waals surface area contributed by atoms with Gasteiger partial charge in [0.1, 0.15) is 0 Å². The normalized spacial score (nSPS) is 27.8. The highest BCUT2D eigenvalue weighted by molar-refractivity contribution is 5.35. The van der Waals surface area contributed by atoms with Gasteiger partial charge < -0.3 is 5.11 Å². The minimum absolute atomic E-state index is 0.404. The fraction of sp³-hybridized carbons (Fsp3) is 0.647. The number of hydrogen-bond donors (Lipinski definition) is 1. The number of aryl methyl sites for hydroxylation is 2. The molecule has 0 aliphatic heterocycles. The molecule has 0 bridgehead atoms. The summed E-state index contributed by atoms with van der Waals surface area (Å²) in [4.78, 5) is 0. The Labute approximate surface area is 111 Å². The third kappa shape index (κ3) is 2.61. The molecule has 1 fully saturated rings. The zero-order valence-electron chi connectivity index (χ0n) is 12.2. The summed E-state index contributed by atoms with van der Waals surface area (Å²) in [6.07, 6.45) is 4.89. The van der Waals surface area contributed by atoms with Crippen molar-refractivity contribution in [2.24, 2.45) is 11.8 Å². The summed E-state index contributed by atoms with van der Waals surface area (Å²) in [6, 6.07) is 6.42. The van der Waals surface area contributed by atoms with E-state index >= 15 is 0 Å². The average molecular weight is 246 g/mol. The SMILES string of the molecule is Cc1ccc(C)c(C(C)(O)C2CCCC(C)C2)c1. The van der Waals surface area contributed by atoms with Gasteiger partial charge in [-0.05, 0) is 56.6 Å². The highest BCUT2D eigenvalue weighted by atomic mass is 16.3. The van der Waals surface area contributed by atoms with Crippen LogP contribution in [-0.2, 0) is 5.60 Å². The van der Waals surface area contributed by atoms with Crippen LogP contribution in [0.3, 0.4) is 0 Å². The van der Waals surface area contributed by atoms with Crippen LogP contribution < -0.4 is 0 Å². The van der Waals surface area contributed by atoms with Crippen LogP contribution in [0.5, 0.6) is 0 Å². The Balaban J connectivity index is 2.31. The number of hydrogen-bond acceptors (Lipinski definition) is 1. The van der Waals surface area contributed by atoms with Crippen molar-refractivity contribution in [3.8, 4) is 0 Å². The maximum absolute atomic E-state index is 11.0. The maximum Gasteiger partial charge on any atom is 0.0899 e. The molecule has 100 valence electrons. The molecular weight excluding hydrogens is 220 g/mol. The molecular formula is C17H26O. The van der Waals surface area contributed by atoms with Crippen LogP contribution in [0.15, 0.2) is 18.2 Å². The predicted molar refractivity (Wildman–Crippen MR) is 76.6 cm³/mol. The van der Waals surface area contributed by atoms with Gasteiger partial charge in [0, 0.05) is 0 Å². The van der Waals surface area contributed by atoms with Gasteiger partial charge in [-0.1, -0.05) is 43.5 Å². The van der Waals surface area contributed by atoms with Crippen LogP contribution in [0.4, 0.5) is 0 Å². The molecule has 0 heterocycles. The van der Waals surface area contributed by atoms with Crippen molar-refractivity contribution in [2.75, 3.05) is 0 Å². The van der Waals surface area contributed by atoms with Crippen LogP contribution >= 0.6 is 0 Å². The van der Waals surface area contributed by atoms with E-state index in [9.17, 15) is 5.11 Å². The van der Waals surface area contributed by atoms with Crippen LogP contribution in [0.25, 0.3) is 0 Å². The van der Waals surface area contributed by atoms with E-state index in [1.54, 1.807) is 0 Å². The smallest absolute Gasteiger partial charge is 0.0899 e. The summed E-state index contributed by atoms with van der Waals surface area (Å²) in [7, 11) is 0. The average Bonchev–Trinajstić information content (AvgIpc) is 2.32. The highest BCUT2D eigenvalue weighted by Gasteiger charge is 2.37. The first kappa shape index (κ1) is 13.6. The van der Waals surface area contributed by atoms with E-state index in [1.165, 1.54) is 24.0 Å². The van der Waals surface area contributed by atoms with Gasteiger partial charge in [0.15, 0.2) is 0 Å². The molecule has 2 rings (SSSR count). The summed E-state index contributed by atoms with van der Waals surface area (Å²) in [6.45, 7) is 8.53. The van der Waals surface area contributed by atoms with E-state index in [0.717, 1.165) is 24.3 Å². The minimum atomic E-state index is -0.676. The first-order valence-electron chi connectivity index (χ1n) is 7.21. The quantitative estimate of drug-likeness (QED) is 0.823.